The molecule has 0 heterocycles. The third-order valence-corrected chi connectivity index (χ3v) is 3.85. The number of nitrogens with one attached hydrogen (secondary N) is 1. The van der Waals surface area contributed by atoms with Gasteiger partial charge in [0, 0.05) is 6.42 Å². The highest BCUT2D eigenvalue weighted by Gasteiger charge is 2.14. The van der Waals surface area contributed by atoms with Crippen molar-refractivity contribution in [1.82, 2.24) is 5.32 Å². The molecule has 30 heavy (non-hydrogen) atoms. The van der Waals surface area contributed by atoms with Crippen molar-refractivity contribution in [2.75, 3.05) is 12.0 Å². The van der Waals surface area contributed by atoms with Crippen molar-refractivity contribution in [3.8, 4) is 0 Å². The van der Waals surface area contributed by atoms with E-state index in [9.17, 15) is 24.0 Å². The fraction of sp³-hybridized carbons (Fsp3) is 0.706. The fourth-order valence-electron chi connectivity index (χ4n) is 1.61. The van der Waals surface area contributed by atoms with Crippen LogP contribution in [0.1, 0.15) is 39.5 Å². The number of aliphatic carboxylic acids is 4. The monoisotopic (exact) mass is 455 g/mol. The van der Waals surface area contributed by atoms with Gasteiger partial charge >= 0.3 is 23.9 Å². The van der Waals surface area contributed by atoms with Crippen molar-refractivity contribution in [3.63, 3.8) is 0 Å². The molecule has 9 N–H and O–H groups in total. The van der Waals surface area contributed by atoms with Crippen molar-refractivity contribution in [3.05, 3.63) is 0 Å². The Bertz CT molecular complexity index is 533. The number of nitrogens with two attached hydrogens (primary N) is 2. The largest absolute Gasteiger partial charge is 0.481 e. The van der Waals surface area contributed by atoms with Crippen molar-refractivity contribution in [1.29, 1.82) is 0 Å². The molecule has 0 aromatic carbocycles. The standard InChI is InChI=1S/C6H11NO3S.C6H13NO2.C5H9NO4/c1-11-3-2-5(6(9)10)7-4-8;1-4(2)3-5(7)6(8)9;6-3(5(9)10)1-2-4(7)8/h4-5H,2-3H2,1H3,(H,7,8)(H,9,10);4-5H,3,7H2,1-2H3,(H,8,9);3H,1-2,6H2,(H,7,8)(H,9,10)/t2*5-;3-/m000/s1. The van der Waals surface area contributed by atoms with E-state index in [4.69, 9.17) is 31.9 Å². The minimum atomic E-state index is -1.17. The van der Waals surface area contributed by atoms with Crippen molar-refractivity contribution in [2.24, 2.45) is 17.4 Å². The quantitative estimate of drug-likeness (QED) is 0.177. The number of rotatable bonds is 13. The lowest BCUT2D eigenvalue weighted by molar-refractivity contribution is -0.141. The zero-order valence-electron chi connectivity index (χ0n) is 17.3. The lowest BCUT2D eigenvalue weighted by Crippen LogP contribution is -2.36. The Kier molecular flexibility index (Phi) is 21.4. The molecule has 3 atom stereocenters. The first-order valence-corrected chi connectivity index (χ1v) is 10.3. The lowest BCUT2D eigenvalue weighted by Gasteiger charge is -2.08. The molecule has 0 aliphatic rings. The van der Waals surface area contributed by atoms with Gasteiger partial charge in [-0.3, -0.25) is 19.2 Å². The minimum absolute atomic E-state index is 0.0231. The molecule has 12 nitrogen and oxygen atoms in total. The summed E-state index contributed by atoms with van der Waals surface area (Å²) in [7, 11) is 0. The third kappa shape index (κ3) is 23.7. The molecule has 0 bridgehead atoms. The molecular weight excluding hydrogens is 422 g/mol. The second-order valence-corrected chi connectivity index (χ2v) is 7.39. The molecule has 0 aromatic rings. The molecule has 0 spiro atoms. The summed E-state index contributed by atoms with van der Waals surface area (Å²) in [5.41, 5.74) is 10.2. The maximum Gasteiger partial charge on any atom is 0.326 e. The van der Waals surface area contributed by atoms with E-state index in [-0.39, 0.29) is 12.8 Å². The molecule has 0 aliphatic carbocycles. The number of carboxylic acid groups (broad SMARTS) is 4. The first-order valence-electron chi connectivity index (χ1n) is 8.89. The second kappa shape index (κ2) is 19.9. The molecule has 0 radical (unpaired) electrons. The summed E-state index contributed by atoms with van der Waals surface area (Å²) in [5.74, 6) is -3.00. The van der Waals surface area contributed by atoms with Crippen LogP contribution < -0.4 is 16.8 Å². The summed E-state index contributed by atoms with van der Waals surface area (Å²) in [6, 6.07) is -2.49. The van der Waals surface area contributed by atoms with Gasteiger partial charge in [-0.25, -0.2) is 4.79 Å². The number of carbonyl (C=O) groups excluding carboxylic acids is 1. The highest BCUT2D eigenvalue weighted by molar-refractivity contribution is 7.98. The van der Waals surface area contributed by atoms with Gasteiger partial charge in [-0.15, -0.1) is 0 Å². The SMILES string of the molecule is CC(C)C[C@H](N)C(=O)O.CSCC[C@H](NC=O)C(=O)O.N[C@@H](CCC(=O)O)C(=O)O. The maximum absolute atomic E-state index is 10.4. The number of hydrogen-bond acceptors (Lipinski definition) is 8. The molecule has 13 heteroatoms. The summed E-state index contributed by atoms with van der Waals surface area (Å²) < 4.78 is 0. The average Bonchev–Trinajstić information content (AvgIpc) is 2.63. The molecule has 0 unspecified atom stereocenters. The highest BCUT2D eigenvalue weighted by Crippen LogP contribution is 2.01. The summed E-state index contributed by atoms with van der Waals surface area (Å²) in [6.45, 7) is 3.89. The van der Waals surface area contributed by atoms with E-state index < -0.39 is 42.0 Å². The third-order valence-electron chi connectivity index (χ3n) is 3.21. The van der Waals surface area contributed by atoms with Crippen molar-refractivity contribution >= 4 is 42.0 Å². The van der Waals surface area contributed by atoms with Crippen LogP contribution in [0.15, 0.2) is 0 Å². The molecule has 0 saturated carbocycles. The van der Waals surface area contributed by atoms with Gasteiger partial charge in [-0.05, 0) is 37.2 Å². The molecule has 176 valence electrons. The van der Waals surface area contributed by atoms with E-state index in [0.29, 0.717) is 25.2 Å². The van der Waals surface area contributed by atoms with Crippen LogP contribution in [0.2, 0.25) is 0 Å². The van der Waals surface area contributed by atoms with Gasteiger partial charge in [0.25, 0.3) is 0 Å². The molecule has 0 saturated heterocycles. The molecule has 1 amide bonds. The van der Waals surface area contributed by atoms with Gasteiger partial charge in [-0.2, -0.15) is 11.8 Å². The minimum Gasteiger partial charge on any atom is -0.481 e. The molecule has 0 aromatic heterocycles. The number of hydrogen-bond donors (Lipinski definition) is 7. The smallest absolute Gasteiger partial charge is 0.326 e. The Hall–Kier alpha value is -2.38. The zero-order valence-corrected chi connectivity index (χ0v) is 18.1. The summed E-state index contributed by atoms with van der Waals surface area (Å²) in [4.78, 5) is 50.2. The predicted molar refractivity (Wildman–Crippen MR) is 111 cm³/mol. The topological polar surface area (TPSA) is 230 Å². The summed E-state index contributed by atoms with van der Waals surface area (Å²) >= 11 is 1.55. The maximum atomic E-state index is 10.4. The Morgan fingerprint density at radius 3 is 1.70 bits per heavy atom. The molecule has 0 aliphatic heterocycles. The fourth-order valence-corrected chi connectivity index (χ4v) is 2.08. The van der Waals surface area contributed by atoms with E-state index in [0.717, 1.165) is 5.75 Å². The van der Waals surface area contributed by atoms with Crippen LogP contribution in [0.3, 0.4) is 0 Å². The van der Waals surface area contributed by atoms with Crippen LogP contribution in [-0.4, -0.2) is 80.8 Å². The van der Waals surface area contributed by atoms with Crippen LogP contribution in [0.25, 0.3) is 0 Å². The van der Waals surface area contributed by atoms with Gasteiger partial charge < -0.3 is 37.2 Å². The first kappa shape index (κ1) is 32.3. The van der Waals surface area contributed by atoms with Gasteiger partial charge in [0.2, 0.25) is 6.41 Å². The van der Waals surface area contributed by atoms with Gasteiger partial charge in [0.1, 0.15) is 18.1 Å². The predicted octanol–water partition coefficient (Wildman–Crippen LogP) is -0.354. The zero-order chi connectivity index (χ0) is 24.3. The number of thioether (sulfide) groups is 1. The Balaban J connectivity index is -0.000000366. The number of carboxylic acids is 4. The molecule has 0 rings (SSSR count). The van der Waals surface area contributed by atoms with Gasteiger partial charge in [0.05, 0.1) is 0 Å². The van der Waals surface area contributed by atoms with Crippen LogP contribution >= 0.6 is 11.8 Å². The first-order chi connectivity index (χ1) is 13.8. The Morgan fingerprint density at radius 1 is 0.933 bits per heavy atom. The van der Waals surface area contributed by atoms with Gasteiger partial charge in [-0.1, -0.05) is 13.8 Å². The van der Waals surface area contributed by atoms with E-state index in [1.54, 1.807) is 11.8 Å². The summed E-state index contributed by atoms with van der Waals surface area (Å²) in [6.07, 6.45) is 3.10. The van der Waals surface area contributed by atoms with E-state index in [1.165, 1.54) is 0 Å². The van der Waals surface area contributed by atoms with Crippen LogP contribution in [-0.2, 0) is 24.0 Å². The highest BCUT2D eigenvalue weighted by atomic mass is 32.2. The molecular formula is C17H33N3O9S. The van der Waals surface area contributed by atoms with Crippen molar-refractivity contribution < 1.29 is 44.4 Å². The van der Waals surface area contributed by atoms with E-state index >= 15 is 0 Å². The number of amides is 1. The Morgan fingerprint density at radius 2 is 1.43 bits per heavy atom. The Labute approximate surface area is 179 Å². The average molecular weight is 456 g/mol. The summed E-state index contributed by atoms with van der Waals surface area (Å²) in [5, 5.41) is 35.3. The second-order valence-electron chi connectivity index (χ2n) is 6.41. The normalized spacial score (nSPS) is 12.7. The molecule has 0 fully saturated rings. The van der Waals surface area contributed by atoms with E-state index in [2.05, 4.69) is 5.32 Å². The van der Waals surface area contributed by atoms with E-state index in [1.807, 2.05) is 20.1 Å². The van der Waals surface area contributed by atoms with Crippen molar-refractivity contribution in [2.45, 2.75) is 57.7 Å². The van der Waals surface area contributed by atoms with Gasteiger partial charge in [0.15, 0.2) is 0 Å². The number of carbonyl (C=O) groups is 5. The van der Waals surface area contributed by atoms with Crippen LogP contribution in [0.4, 0.5) is 0 Å². The van der Waals surface area contributed by atoms with Crippen LogP contribution in [0, 0.1) is 5.92 Å². The van der Waals surface area contributed by atoms with Crippen LogP contribution in [0.5, 0.6) is 0 Å². The lowest BCUT2D eigenvalue weighted by atomic mass is 10.1.